The van der Waals surface area contributed by atoms with Gasteiger partial charge in [-0.25, -0.2) is 0 Å². The second kappa shape index (κ2) is 2.46. The van der Waals surface area contributed by atoms with Gasteiger partial charge in [-0.05, 0) is 31.6 Å². The van der Waals surface area contributed by atoms with Gasteiger partial charge in [0.1, 0.15) is 0 Å². The van der Waals surface area contributed by atoms with Crippen LogP contribution in [0.5, 0.6) is 0 Å². The van der Waals surface area contributed by atoms with Crippen molar-refractivity contribution >= 4 is 0 Å². The smallest absolute Gasteiger partial charge is 0.0465 e. The minimum atomic E-state index is 0.418. The van der Waals surface area contributed by atoms with Gasteiger partial charge in [-0.15, -0.1) is 0 Å². The van der Waals surface area contributed by atoms with Crippen molar-refractivity contribution in [1.82, 2.24) is 4.90 Å². The molecule has 1 aliphatic carbocycles. The first-order valence-corrected chi connectivity index (χ1v) is 4.59. The van der Waals surface area contributed by atoms with Crippen LogP contribution in [0.25, 0.3) is 0 Å². The highest BCUT2D eigenvalue weighted by atomic mass is 16.3. The average Bonchev–Trinajstić information content (AvgIpc) is 2.41. The number of likely N-dealkylation sites (tertiary alicyclic amines) is 1. The standard InChI is InChI=1S/C9H17NO/c1-6(2)10-3-7-8(4-10)9(7)5-11/h6-9,11H,3-5H2,1-2H3/t7-,8+,9+. The Bertz CT molecular complexity index is 146. The van der Waals surface area contributed by atoms with E-state index in [9.17, 15) is 0 Å². The Labute approximate surface area is 68.2 Å². The third kappa shape index (κ3) is 1.09. The van der Waals surface area contributed by atoms with E-state index in [1.54, 1.807) is 0 Å². The average molecular weight is 155 g/mol. The van der Waals surface area contributed by atoms with Crippen LogP contribution in [-0.4, -0.2) is 35.7 Å². The zero-order valence-electron chi connectivity index (χ0n) is 7.33. The highest BCUT2D eigenvalue weighted by molar-refractivity contribution is 5.05. The van der Waals surface area contributed by atoms with E-state index in [4.69, 9.17) is 5.11 Å². The maximum Gasteiger partial charge on any atom is 0.0465 e. The highest BCUT2D eigenvalue weighted by Crippen LogP contribution is 2.51. The molecule has 2 heteroatoms. The molecule has 0 aromatic heterocycles. The van der Waals surface area contributed by atoms with E-state index >= 15 is 0 Å². The van der Waals surface area contributed by atoms with Gasteiger partial charge in [0.15, 0.2) is 0 Å². The van der Waals surface area contributed by atoms with Crippen LogP contribution in [0, 0.1) is 17.8 Å². The van der Waals surface area contributed by atoms with Crippen molar-refractivity contribution in [3.8, 4) is 0 Å². The van der Waals surface area contributed by atoms with Crippen molar-refractivity contribution in [1.29, 1.82) is 0 Å². The van der Waals surface area contributed by atoms with Crippen LogP contribution in [-0.2, 0) is 0 Å². The highest BCUT2D eigenvalue weighted by Gasteiger charge is 2.55. The van der Waals surface area contributed by atoms with Crippen molar-refractivity contribution in [3.05, 3.63) is 0 Å². The third-order valence-corrected chi connectivity index (χ3v) is 3.34. The number of hydrogen-bond acceptors (Lipinski definition) is 2. The molecule has 2 aliphatic rings. The van der Waals surface area contributed by atoms with Crippen LogP contribution in [0.15, 0.2) is 0 Å². The molecule has 11 heavy (non-hydrogen) atoms. The summed E-state index contributed by atoms with van der Waals surface area (Å²) >= 11 is 0. The van der Waals surface area contributed by atoms with Gasteiger partial charge in [0.05, 0.1) is 0 Å². The Morgan fingerprint density at radius 2 is 1.91 bits per heavy atom. The van der Waals surface area contributed by atoms with Crippen LogP contribution in [0.1, 0.15) is 13.8 Å². The van der Waals surface area contributed by atoms with Crippen LogP contribution >= 0.6 is 0 Å². The molecule has 2 fully saturated rings. The first-order valence-electron chi connectivity index (χ1n) is 4.59. The quantitative estimate of drug-likeness (QED) is 0.630. The van der Waals surface area contributed by atoms with E-state index in [-0.39, 0.29) is 0 Å². The first kappa shape index (κ1) is 7.56. The van der Waals surface area contributed by atoms with Crippen molar-refractivity contribution in [2.75, 3.05) is 19.7 Å². The molecule has 0 amide bonds. The van der Waals surface area contributed by atoms with Crippen LogP contribution in [0.2, 0.25) is 0 Å². The molecule has 1 N–H and O–H groups in total. The van der Waals surface area contributed by atoms with Gasteiger partial charge in [-0.1, -0.05) is 0 Å². The molecular formula is C9H17NO. The Kier molecular flexibility index (Phi) is 1.69. The molecule has 1 saturated heterocycles. The molecule has 0 aromatic rings. The number of rotatable bonds is 2. The van der Waals surface area contributed by atoms with Crippen molar-refractivity contribution in [3.63, 3.8) is 0 Å². The zero-order valence-corrected chi connectivity index (χ0v) is 7.33. The number of fused-ring (bicyclic) bond motifs is 1. The number of nitrogens with zero attached hydrogens (tertiary/aromatic N) is 1. The summed E-state index contributed by atoms with van der Waals surface area (Å²) in [4.78, 5) is 2.52. The first-order chi connectivity index (χ1) is 5.24. The summed E-state index contributed by atoms with van der Waals surface area (Å²) in [5.74, 6) is 2.33. The predicted octanol–water partition coefficient (Wildman–Crippen LogP) is 0.565. The molecule has 2 rings (SSSR count). The lowest BCUT2D eigenvalue weighted by molar-refractivity contribution is 0.197. The Hall–Kier alpha value is -0.0800. The summed E-state index contributed by atoms with van der Waals surface area (Å²) in [7, 11) is 0. The van der Waals surface area contributed by atoms with E-state index in [1.165, 1.54) is 13.1 Å². The molecule has 0 aromatic carbocycles. The van der Waals surface area contributed by atoms with Crippen LogP contribution in [0.4, 0.5) is 0 Å². The van der Waals surface area contributed by atoms with E-state index in [2.05, 4.69) is 18.7 Å². The Morgan fingerprint density at radius 3 is 2.27 bits per heavy atom. The monoisotopic (exact) mass is 155 g/mol. The summed E-state index contributed by atoms with van der Waals surface area (Å²) in [6, 6.07) is 0.696. The van der Waals surface area contributed by atoms with Crippen molar-refractivity contribution < 1.29 is 5.11 Å². The number of hydrogen-bond donors (Lipinski definition) is 1. The number of aliphatic hydroxyl groups is 1. The molecule has 64 valence electrons. The molecule has 2 nitrogen and oxygen atoms in total. The molecule has 1 heterocycles. The largest absolute Gasteiger partial charge is 0.396 e. The fraction of sp³-hybridized carbons (Fsp3) is 1.00. The molecule has 0 unspecified atom stereocenters. The summed E-state index contributed by atoms with van der Waals surface area (Å²) < 4.78 is 0. The maximum atomic E-state index is 8.92. The summed E-state index contributed by atoms with van der Waals surface area (Å²) in [5.41, 5.74) is 0. The Morgan fingerprint density at radius 1 is 1.36 bits per heavy atom. The van der Waals surface area contributed by atoms with Crippen molar-refractivity contribution in [2.24, 2.45) is 17.8 Å². The van der Waals surface area contributed by atoms with E-state index in [1.807, 2.05) is 0 Å². The predicted molar refractivity (Wildman–Crippen MR) is 44.3 cm³/mol. The fourth-order valence-electron chi connectivity index (χ4n) is 2.37. The van der Waals surface area contributed by atoms with Gasteiger partial charge in [-0.3, -0.25) is 0 Å². The lowest BCUT2D eigenvalue weighted by Gasteiger charge is -2.22. The second-order valence-corrected chi connectivity index (χ2v) is 4.22. The maximum absolute atomic E-state index is 8.92. The van der Waals surface area contributed by atoms with Gasteiger partial charge in [0.2, 0.25) is 0 Å². The van der Waals surface area contributed by atoms with Crippen LogP contribution in [0.3, 0.4) is 0 Å². The number of piperidine rings is 1. The fourth-order valence-corrected chi connectivity index (χ4v) is 2.37. The summed E-state index contributed by atoms with van der Waals surface area (Å²) in [6.07, 6.45) is 0. The minimum absolute atomic E-state index is 0.418. The molecule has 1 saturated carbocycles. The summed E-state index contributed by atoms with van der Waals surface area (Å²) in [5, 5.41) is 8.92. The number of aliphatic hydroxyl groups excluding tert-OH is 1. The summed E-state index contributed by atoms with van der Waals surface area (Å²) in [6.45, 7) is 7.37. The lowest BCUT2D eigenvalue weighted by atomic mass is 10.2. The van der Waals surface area contributed by atoms with Crippen LogP contribution < -0.4 is 0 Å². The van der Waals surface area contributed by atoms with Gasteiger partial charge >= 0.3 is 0 Å². The van der Waals surface area contributed by atoms with Gasteiger partial charge in [0, 0.05) is 25.7 Å². The van der Waals surface area contributed by atoms with Gasteiger partial charge in [-0.2, -0.15) is 0 Å². The van der Waals surface area contributed by atoms with Gasteiger partial charge < -0.3 is 10.0 Å². The normalized spacial score (nSPS) is 43.1. The molecule has 0 spiro atoms. The van der Waals surface area contributed by atoms with Gasteiger partial charge in [0.25, 0.3) is 0 Å². The Balaban J connectivity index is 1.85. The lowest BCUT2D eigenvalue weighted by Crippen LogP contribution is -2.31. The topological polar surface area (TPSA) is 23.5 Å². The SMILES string of the molecule is CC(C)N1C[C@@H]2[C@@H](CO)[C@@H]2C1. The molecule has 0 radical (unpaired) electrons. The van der Waals surface area contributed by atoms with Crippen molar-refractivity contribution in [2.45, 2.75) is 19.9 Å². The molecular weight excluding hydrogens is 138 g/mol. The molecule has 3 atom stereocenters. The van der Waals surface area contributed by atoms with E-state index < -0.39 is 0 Å². The third-order valence-electron chi connectivity index (χ3n) is 3.34. The zero-order chi connectivity index (χ0) is 8.01. The molecule has 0 bridgehead atoms. The second-order valence-electron chi connectivity index (χ2n) is 4.22. The van der Waals surface area contributed by atoms with E-state index in [0.29, 0.717) is 18.6 Å². The minimum Gasteiger partial charge on any atom is -0.396 e. The molecule has 1 aliphatic heterocycles. The van der Waals surface area contributed by atoms with E-state index in [0.717, 1.165) is 11.8 Å².